The molecule has 1 amide bonds. The second kappa shape index (κ2) is 8.30. The number of amides is 1. The summed E-state index contributed by atoms with van der Waals surface area (Å²) in [6.45, 7) is 3.08. The van der Waals surface area contributed by atoms with Crippen molar-refractivity contribution in [2.24, 2.45) is 0 Å². The number of carbonyl (C=O) groups is 1. The van der Waals surface area contributed by atoms with Gasteiger partial charge in [-0.25, -0.2) is 18.1 Å². The molecule has 0 spiro atoms. The van der Waals surface area contributed by atoms with Gasteiger partial charge in [-0.1, -0.05) is 54.6 Å². The van der Waals surface area contributed by atoms with Crippen LogP contribution in [0.25, 0.3) is 22.3 Å². The van der Waals surface area contributed by atoms with Gasteiger partial charge >= 0.3 is 0 Å². The molecule has 1 unspecified atom stereocenters. The molecule has 0 aliphatic carbocycles. The molecule has 4 aromatic rings. The number of fused-ring (bicyclic) bond motifs is 2. The molecule has 4 heterocycles. The quantitative estimate of drug-likeness (QED) is 0.438. The maximum atomic E-state index is 14.0. The van der Waals surface area contributed by atoms with Crippen LogP contribution in [0.2, 0.25) is 0 Å². The monoisotopic (exact) mass is 486 g/mol. The second-order valence-electron chi connectivity index (χ2n) is 9.45. The van der Waals surface area contributed by atoms with Crippen LogP contribution >= 0.6 is 0 Å². The Hall–Kier alpha value is -3.52. The molecule has 35 heavy (non-hydrogen) atoms. The molecule has 1 atom stereocenters. The van der Waals surface area contributed by atoms with Crippen LogP contribution in [-0.2, 0) is 22.8 Å². The van der Waals surface area contributed by atoms with Gasteiger partial charge in [-0.3, -0.25) is 4.79 Å². The summed E-state index contributed by atoms with van der Waals surface area (Å²) in [6, 6.07) is 19.6. The van der Waals surface area contributed by atoms with Crippen molar-refractivity contribution in [3.8, 4) is 11.3 Å². The molecule has 7 nitrogen and oxygen atoms in total. The first-order valence-electron chi connectivity index (χ1n) is 11.9. The maximum absolute atomic E-state index is 14.0. The standard InChI is InChI=1S/C27H26N4O3S/c1-18-25-23(27(32)30-13-11-19-7-5-6-10-21(19)16-30)15-24(20-8-3-2-4-9-20)28-26(25)31(29-18)22-12-14-35(33,34)17-22/h2-10,15,22H,11-14,16-17H2,1H3. The summed E-state index contributed by atoms with van der Waals surface area (Å²) in [6.07, 6.45) is 1.32. The first-order chi connectivity index (χ1) is 16.9. The smallest absolute Gasteiger partial charge is 0.255 e. The first-order valence-corrected chi connectivity index (χ1v) is 13.7. The number of rotatable bonds is 3. The van der Waals surface area contributed by atoms with Gasteiger partial charge in [-0.2, -0.15) is 5.10 Å². The highest BCUT2D eigenvalue weighted by atomic mass is 32.2. The van der Waals surface area contributed by atoms with Gasteiger partial charge in [0.05, 0.1) is 39.9 Å². The van der Waals surface area contributed by atoms with Crippen molar-refractivity contribution < 1.29 is 13.2 Å². The topological polar surface area (TPSA) is 85.2 Å². The lowest BCUT2D eigenvalue weighted by atomic mass is 9.98. The fourth-order valence-corrected chi connectivity index (χ4v) is 6.99. The molecule has 0 radical (unpaired) electrons. The zero-order chi connectivity index (χ0) is 24.2. The van der Waals surface area contributed by atoms with Crippen LogP contribution < -0.4 is 0 Å². The van der Waals surface area contributed by atoms with E-state index in [4.69, 9.17) is 10.1 Å². The molecule has 0 saturated carbocycles. The largest absolute Gasteiger partial charge is 0.334 e. The van der Waals surface area contributed by atoms with E-state index in [1.165, 1.54) is 11.1 Å². The lowest BCUT2D eigenvalue weighted by Gasteiger charge is -2.29. The summed E-state index contributed by atoms with van der Waals surface area (Å²) in [7, 11) is -3.10. The minimum Gasteiger partial charge on any atom is -0.334 e. The van der Waals surface area contributed by atoms with E-state index in [1.807, 2.05) is 60.4 Å². The van der Waals surface area contributed by atoms with Crippen molar-refractivity contribution in [1.29, 1.82) is 0 Å². The van der Waals surface area contributed by atoms with Gasteiger partial charge in [0.2, 0.25) is 0 Å². The molecular formula is C27H26N4O3S. The Labute approximate surface area is 204 Å². The highest BCUT2D eigenvalue weighted by molar-refractivity contribution is 7.91. The average Bonchev–Trinajstić information content (AvgIpc) is 3.41. The van der Waals surface area contributed by atoms with Gasteiger partial charge in [-0.05, 0) is 37.0 Å². The summed E-state index contributed by atoms with van der Waals surface area (Å²) in [5, 5.41) is 5.42. The first kappa shape index (κ1) is 22.0. The van der Waals surface area contributed by atoms with Crippen LogP contribution in [0.1, 0.15) is 39.6 Å². The van der Waals surface area contributed by atoms with Crippen molar-refractivity contribution in [3.63, 3.8) is 0 Å². The SMILES string of the molecule is Cc1nn(C2CCS(=O)(=O)C2)c2nc(-c3ccccc3)cc(C(=O)N3CCc4ccccc4C3)c12. The summed E-state index contributed by atoms with van der Waals surface area (Å²) >= 11 is 0. The van der Waals surface area contributed by atoms with E-state index in [2.05, 4.69) is 12.1 Å². The highest BCUT2D eigenvalue weighted by Crippen LogP contribution is 2.33. The third-order valence-electron chi connectivity index (χ3n) is 7.11. The third-order valence-corrected chi connectivity index (χ3v) is 8.86. The molecule has 0 bridgehead atoms. The molecule has 0 N–H and O–H groups in total. The summed E-state index contributed by atoms with van der Waals surface area (Å²) < 4.78 is 26.2. The van der Waals surface area contributed by atoms with Crippen molar-refractivity contribution in [1.82, 2.24) is 19.7 Å². The van der Waals surface area contributed by atoms with Crippen molar-refractivity contribution >= 4 is 26.8 Å². The van der Waals surface area contributed by atoms with Crippen LogP contribution in [0.5, 0.6) is 0 Å². The van der Waals surface area contributed by atoms with E-state index >= 15 is 0 Å². The number of hydrogen-bond donors (Lipinski definition) is 0. The Morgan fingerprint density at radius 3 is 2.51 bits per heavy atom. The minimum atomic E-state index is -3.10. The summed E-state index contributed by atoms with van der Waals surface area (Å²) in [5.41, 5.74) is 5.87. The molecule has 1 fully saturated rings. The number of aryl methyl sites for hydroxylation is 1. The lowest BCUT2D eigenvalue weighted by molar-refractivity contribution is 0.0736. The van der Waals surface area contributed by atoms with Crippen LogP contribution in [0.4, 0.5) is 0 Å². The van der Waals surface area contributed by atoms with Gasteiger partial charge < -0.3 is 4.90 Å². The fourth-order valence-electron chi connectivity index (χ4n) is 5.30. The molecule has 2 aromatic heterocycles. The van der Waals surface area contributed by atoms with Gasteiger partial charge in [0.25, 0.3) is 5.91 Å². The van der Waals surface area contributed by atoms with Crippen LogP contribution in [0.15, 0.2) is 60.7 Å². The zero-order valence-electron chi connectivity index (χ0n) is 19.5. The molecular weight excluding hydrogens is 460 g/mol. The molecule has 8 heteroatoms. The number of sulfone groups is 1. The second-order valence-corrected chi connectivity index (χ2v) is 11.7. The van der Waals surface area contributed by atoms with Crippen molar-refractivity contribution in [2.75, 3.05) is 18.1 Å². The molecule has 6 rings (SSSR count). The Balaban J connectivity index is 1.50. The van der Waals surface area contributed by atoms with Crippen molar-refractivity contribution in [3.05, 3.63) is 83.0 Å². The van der Waals surface area contributed by atoms with E-state index in [0.29, 0.717) is 47.5 Å². The Bertz CT molecular complexity index is 1560. The molecule has 2 aliphatic rings. The Morgan fingerprint density at radius 1 is 1.03 bits per heavy atom. The van der Waals surface area contributed by atoms with Gasteiger partial charge in [0.15, 0.2) is 15.5 Å². The van der Waals surface area contributed by atoms with Crippen LogP contribution in [0, 0.1) is 6.92 Å². The van der Waals surface area contributed by atoms with E-state index in [0.717, 1.165) is 12.0 Å². The fraction of sp³-hybridized carbons (Fsp3) is 0.296. The highest BCUT2D eigenvalue weighted by Gasteiger charge is 2.33. The van der Waals surface area contributed by atoms with E-state index < -0.39 is 9.84 Å². The van der Waals surface area contributed by atoms with Gasteiger partial charge in [0, 0.05) is 18.7 Å². The Morgan fingerprint density at radius 2 is 1.77 bits per heavy atom. The third kappa shape index (κ3) is 3.91. The van der Waals surface area contributed by atoms with Crippen molar-refractivity contribution in [2.45, 2.75) is 32.4 Å². The summed E-state index contributed by atoms with van der Waals surface area (Å²) in [5.74, 6) is 0.146. The zero-order valence-corrected chi connectivity index (χ0v) is 20.3. The van der Waals surface area contributed by atoms with E-state index in [-0.39, 0.29) is 23.5 Å². The van der Waals surface area contributed by atoms with Crippen LogP contribution in [0.3, 0.4) is 0 Å². The number of pyridine rings is 1. The predicted molar refractivity (Wildman–Crippen MR) is 135 cm³/mol. The van der Waals surface area contributed by atoms with Gasteiger partial charge in [0.1, 0.15) is 0 Å². The molecule has 178 valence electrons. The van der Waals surface area contributed by atoms with E-state index in [1.54, 1.807) is 4.68 Å². The number of nitrogens with zero attached hydrogens (tertiary/aromatic N) is 4. The van der Waals surface area contributed by atoms with E-state index in [9.17, 15) is 13.2 Å². The number of carbonyl (C=O) groups excluding carboxylic acids is 1. The maximum Gasteiger partial charge on any atom is 0.255 e. The minimum absolute atomic E-state index is 0.0483. The van der Waals surface area contributed by atoms with Crippen LogP contribution in [-0.4, -0.2) is 52.0 Å². The normalized spacial score (nSPS) is 19.1. The number of benzene rings is 2. The van der Waals surface area contributed by atoms with Gasteiger partial charge in [-0.15, -0.1) is 0 Å². The summed E-state index contributed by atoms with van der Waals surface area (Å²) in [4.78, 5) is 20.8. The number of hydrogen-bond acceptors (Lipinski definition) is 5. The lowest BCUT2D eigenvalue weighted by Crippen LogP contribution is -2.36. The average molecular weight is 487 g/mol. The molecule has 1 saturated heterocycles. The number of aromatic nitrogens is 3. The molecule has 2 aromatic carbocycles. The molecule has 2 aliphatic heterocycles. The predicted octanol–water partition coefficient (Wildman–Crippen LogP) is 3.96. The Kier molecular flexibility index (Phi) is 5.21.